The Bertz CT molecular complexity index is 958. The summed E-state index contributed by atoms with van der Waals surface area (Å²) in [6.07, 6.45) is 0. The maximum Gasteiger partial charge on any atom is 0.227 e. The van der Waals surface area contributed by atoms with E-state index in [1.807, 2.05) is 32.9 Å². The van der Waals surface area contributed by atoms with Crippen LogP contribution in [-0.2, 0) is 13.1 Å². The van der Waals surface area contributed by atoms with Crippen molar-refractivity contribution >= 4 is 40.2 Å². The Balaban J connectivity index is 1.92. The number of aliphatic hydroxyl groups excluding tert-OH is 1. The fraction of sp³-hybridized carbons (Fsp3) is 0.444. The van der Waals surface area contributed by atoms with Gasteiger partial charge in [-0.15, -0.1) is 5.10 Å². The Hall–Kier alpha value is -2.65. The summed E-state index contributed by atoms with van der Waals surface area (Å²) >= 11 is 5.99. The zero-order valence-corrected chi connectivity index (χ0v) is 16.9. The van der Waals surface area contributed by atoms with Crippen LogP contribution in [0.1, 0.15) is 26.3 Å². The van der Waals surface area contributed by atoms with Crippen molar-refractivity contribution in [3.8, 4) is 0 Å². The third-order valence-corrected chi connectivity index (χ3v) is 4.84. The maximum absolute atomic E-state index is 9.62. The highest BCUT2D eigenvalue weighted by Gasteiger charge is 2.18. The van der Waals surface area contributed by atoms with Gasteiger partial charge < -0.3 is 21.5 Å². The van der Waals surface area contributed by atoms with Crippen molar-refractivity contribution < 1.29 is 5.11 Å². The molecule has 0 saturated carbocycles. The number of hydrogen-bond acceptors (Lipinski definition) is 8. The Morgan fingerprint density at radius 1 is 1.29 bits per heavy atom. The molecule has 10 heteroatoms. The molecule has 3 aromatic rings. The van der Waals surface area contributed by atoms with Gasteiger partial charge in [-0.1, -0.05) is 36.7 Å². The first kappa shape index (κ1) is 20.1. The Kier molecular flexibility index (Phi) is 6.15. The highest BCUT2D eigenvalue weighted by Crippen LogP contribution is 2.23. The summed E-state index contributed by atoms with van der Waals surface area (Å²) in [5.74, 6) is 1.18. The molecule has 5 N–H and O–H groups in total. The molecule has 0 aliphatic heterocycles. The van der Waals surface area contributed by atoms with Crippen molar-refractivity contribution in [2.45, 2.75) is 39.9 Å². The first-order valence-corrected chi connectivity index (χ1v) is 9.57. The topological polar surface area (TPSA) is 127 Å². The number of nitrogens with two attached hydrogens (primary N) is 1. The molecule has 1 aromatic carbocycles. The molecule has 1 unspecified atom stereocenters. The minimum atomic E-state index is -0.160. The smallest absolute Gasteiger partial charge is 0.227 e. The summed E-state index contributed by atoms with van der Waals surface area (Å²) in [5, 5.41) is 25.0. The van der Waals surface area contributed by atoms with Crippen LogP contribution in [0.4, 0.5) is 17.5 Å². The minimum Gasteiger partial charge on any atom is -0.398 e. The van der Waals surface area contributed by atoms with Crippen molar-refractivity contribution in [1.82, 2.24) is 25.0 Å². The zero-order valence-electron chi connectivity index (χ0n) is 16.1. The van der Waals surface area contributed by atoms with E-state index in [0.717, 1.165) is 5.56 Å². The Labute approximate surface area is 168 Å². The second kappa shape index (κ2) is 8.57. The van der Waals surface area contributed by atoms with E-state index in [4.69, 9.17) is 17.3 Å². The Morgan fingerprint density at radius 3 is 2.71 bits per heavy atom. The first-order valence-electron chi connectivity index (χ1n) is 9.19. The molecule has 0 radical (unpaired) electrons. The molecule has 9 nitrogen and oxygen atoms in total. The zero-order chi connectivity index (χ0) is 20.3. The van der Waals surface area contributed by atoms with Crippen molar-refractivity contribution in [2.24, 2.45) is 5.92 Å². The minimum absolute atomic E-state index is 0.0167. The van der Waals surface area contributed by atoms with Crippen LogP contribution in [0.5, 0.6) is 0 Å². The van der Waals surface area contributed by atoms with Gasteiger partial charge >= 0.3 is 0 Å². The number of nitrogens with one attached hydrogen (secondary N) is 2. The van der Waals surface area contributed by atoms with Gasteiger partial charge in [0.15, 0.2) is 17.0 Å². The molecule has 2 heterocycles. The summed E-state index contributed by atoms with van der Waals surface area (Å²) in [6.45, 7) is 7.12. The molecule has 0 fully saturated rings. The van der Waals surface area contributed by atoms with E-state index < -0.39 is 0 Å². The molecule has 2 aromatic heterocycles. The monoisotopic (exact) mass is 404 g/mol. The summed E-state index contributed by atoms with van der Waals surface area (Å²) in [7, 11) is 0. The van der Waals surface area contributed by atoms with Gasteiger partial charge in [0.1, 0.15) is 0 Å². The van der Waals surface area contributed by atoms with Crippen LogP contribution in [-0.4, -0.2) is 42.7 Å². The van der Waals surface area contributed by atoms with Gasteiger partial charge in [-0.3, -0.25) is 0 Å². The molecule has 0 saturated heterocycles. The van der Waals surface area contributed by atoms with E-state index in [1.54, 1.807) is 10.7 Å². The molecule has 1 atom stereocenters. The van der Waals surface area contributed by atoms with Crippen molar-refractivity contribution in [3.63, 3.8) is 0 Å². The molecule has 0 aliphatic carbocycles. The van der Waals surface area contributed by atoms with Gasteiger partial charge in [0.2, 0.25) is 5.95 Å². The number of aromatic nitrogens is 5. The van der Waals surface area contributed by atoms with Crippen molar-refractivity contribution in [2.75, 3.05) is 23.0 Å². The summed E-state index contributed by atoms with van der Waals surface area (Å²) in [4.78, 5) is 9.10. The van der Waals surface area contributed by atoms with Gasteiger partial charge in [0.25, 0.3) is 0 Å². The highest BCUT2D eigenvalue weighted by molar-refractivity contribution is 6.33. The predicted molar refractivity (Wildman–Crippen MR) is 111 cm³/mol. The lowest BCUT2D eigenvalue weighted by Gasteiger charge is -2.20. The highest BCUT2D eigenvalue weighted by atomic mass is 35.5. The number of fused-ring (bicyclic) bond motifs is 1. The molecular weight excluding hydrogens is 380 g/mol. The van der Waals surface area contributed by atoms with Crippen LogP contribution in [0, 0.1) is 5.92 Å². The van der Waals surface area contributed by atoms with Gasteiger partial charge in [-0.2, -0.15) is 9.97 Å². The Morgan fingerprint density at radius 2 is 2.07 bits per heavy atom. The van der Waals surface area contributed by atoms with Crippen molar-refractivity contribution in [1.29, 1.82) is 0 Å². The number of benzene rings is 1. The van der Waals surface area contributed by atoms with E-state index in [-0.39, 0.29) is 18.6 Å². The lowest BCUT2D eigenvalue weighted by molar-refractivity contribution is 0.248. The van der Waals surface area contributed by atoms with Crippen LogP contribution in [0.3, 0.4) is 0 Å². The van der Waals surface area contributed by atoms with Gasteiger partial charge in [0.05, 0.1) is 23.4 Å². The number of anilines is 3. The second-order valence-corrected chi connectivity index (χ2v) is 7.27. The molecule has 28 heavy (non-hydrogen) atoms. The van der Waals surface area contributed by atoms with Gasteiger partial charge in [-0.25, -0.2) is 4.68 Å². The third-order valence-electron chi connectivity index (χ3n) is 4.50. The van der Waals surface area contributed by atoms with E-state index in [1.165, 1.54) is 0 Å². The van der Waals surface area contributed by atoms with E-state index in [9.17, 15) is 5.11 Å². The molecule has 0 aliphatic rings. The van der Waals surface area contributed by atoms with Gasteiger partial charge in [0, 0.05) is 13.1 Å². The largest absolute Gasteiger partial charge is 0.398 e. The van der Waals surface area contributed by atoms with Crippen LogP contribution < -0.4 is 16.4 Å². The van der Waals surface area contributed by atoms with Gasteiger partial charge in [-0.05, 0) is 30.5 Å². The number of halogens is 1. The molecule has 0 bridgehead atoms. The van der Waals surface area contributed by atoms with E-state index in [0.29, 0.717) is 46.7 Å². The summed E-state index contributed by atoms with van der Waals surface area (Å²) < 4.78 is 1.71. The molecule has 3 rings (SSSR count). The molecular formula is C18H25ClN8O. The average molecular weight is 405 g/mol. The summed E-state index contributed by atoms with van der Waals surface area (Å²) in [5.41, 5.74) is 8.57. The van der Waals surface area contributed by atoms with Crippen LogP contribution in [0.25, 0.3) is 11.2 Å². The maximum atomic E-state index is 9.62. The number of aryl methyl sites for hydroxylation is 1. The quantitative estimate of drug-likeness (QED) is 0.422. The lowest BCUT2D eigenvalue weighted by Crippen LogP contribution is -2.30. The molecule has 150 valence electrons. The molecule has 0 spiro atoms. The first-order chi connectivity index (χ1) is 13.4. The fourth-order valence-corrected chi connectivity index (χ4v) is 2.85. The van der Waals surface area contributed by atoms with Crippen molar-refractivity contribution in [3.05, 3.63) is 28.8 Å². The fourth-order valence-electron chi connectivity index (χ4n) is 2.73. The van der Waals surface area contributed by atoms with Crippen LogP contribution in [0.15, 0.2) is 18.2 Å². The summed E-state index contributed by atoms with van der Waals surface area (Å²) in [6, 6.07) is 5.31. The standard InChI is InChI=1S/C18H25ClN8O/c1-4-27-17-15(25-26-27)16(21-8-11-5-6-12(19)13(20)7-11)23-18(24-17)22-14(9-28)10(2)3/h5-7,10,14,28H,4,8-9,20H2,1-3H3,(H2,21,22,23,24). The molecule has 0 amide bonds. The third kappa shape index (κ3) is 4.26. The lowest BCUT2D eigenvalue weighted by atomic mass is 10.1. The predicted octanol–water partition coefficient (Wildman–Crippen LogP) is 2.52. The number of nitrogen functional groups attached to an aromatic ring is 1. The number of hydrogen-bond donors (Lipinski definition) is 4. The van der Waals surface area contributed by atoms with E-state index >= 15 is 0 Å². The second-order valence-electron chi connectivity index (χ2n) is 6.86. The number of rotatable bonds is 8. The van der Waals surface area contributed by atoms with E-state index in [2.05, 4.69) is 30.9 Å². The van der Waals surface area contributed by atoms with Crippen LogP contribution >= 0.6 is 11.6 Å². The number of nitrogens with zero attached hydrogens (tertiary/aromatic N) is 5. The average Bonchev–Trinajstić information content (AvgIpc) is 3.09. The van der Waals surface area contributed by atoms with Crippen LogP contribution in [0.2, 0.25) is 5.02 Å². The normalized spacial score (nSPS) is 12.5. The number of aliphatic hydroxyl groups is 1. The SMILES string of the molecule is CCn1nnc2c(NCc3ccc(Cl)c(N)c3)nc(NC(CO)C(C)C)nc21.